The molecule has 0 radical (unpaired) electrons. The zero-order chi connectivity index (χ0) is 16.7. The molecule has 2 unspecified atom stereocenters. The van der Waals surface area contributed by atoms with Crippen molar-refractivity contribution in [2.45, 2.75) is 19.4 Å². The van der Waals surface area contributed by atoms with Crippen LogP contribution in [0.25, 0.3) is 0 Å². The number of aryl methyl sites for hydroxylation is 1. The van der Waals surface area contributed by atoms with Crippen LogP contribution in [0.15, 0.2) is 60.7 Å². The molecule has 3 rings (SSSR count). The van der Waals surface area contributed by atoms with E-state index in [4.69, 9.17) is 4.74 Å². The molecular weight excluding hydrogens is 292 g/mol. The highest BCUT2D eigenvalue weighted by Crippen LogP contribution is 2.35. The number of benzene rings is 2. The van der Waals surface area contributed by atoms with E-state index in [1.165, 1.54) is 12.7 Å². The van der Waals surface area contributed by atoms with Gasteiger partial charge in [0, 0.05) is 0 Å². The maximum absolute atomic E-state index is 11.5. The van der Waals surface area contributed by atoms with Crippen molar-refractivity contribution >= 4 is 11.9 Å². The zero-order valence-corrected chi connectivity index (χ0v) is 13.3. The molecule has 1 saturated heterocycles. The van der Waals surface area contributed by atoms with Crippen LogP contribution in [0.1, 0.15) is 23.7 Å². The molecule has 1 aliphatic heterocycles. The minimum absolute atomic E-state index is 0.0895. The Kier molecular flexibility index (Phi) is 5.92. The summed E-state index contributed by atoms with van der Waals surface area (Å²) in [4.78, 5) is 22.7. The average molecular weight is 312 g/mol. The second-order valence-electron chi connectivity index (χ2n) is 5.31. The third-order valence-electron chi connectivity index (χ3n) is 3.58. The summed E-state index contributed by atoms with van der Waals surface area (Å²) in [6, 6.07) is 19.5. The standard InChI is InChI=1S/C12H12O4.C7H8/c1-15-12(14)9-7-10(13)16-11(9)8-5-3-2-4-6-8;1-7-5-3-2-4-6-7/h2-6,9,11H,7H2,1H3;2-6H,1H3. The van der Waals surface area contributed by atoms with Gasteiger partial charge in [0.05, 0.1) is 13.5 Å². The van der Waals surface area contributed by atoms with E-state index in [9.17, 15) is 9.59 Å². The maximum Gasteiger partial charge on any atom is 0.313 e. The zero-order valence-electron chi connectivity index (χ0n) is 13.3. The van der Waals surface area contributed by atoms with E-state index in [0.29, 0.717) is 0 Å². The number of hydrogen-bond donors (Lipinski definition) is 0. The molecule has 1 heterocycles. The lowest BCUT2D eigenvalue weighted by Crippen LogP contribution is -2.19. The third-order valence-corrected chi connectivity index (χ3v) is 3.58. The van der Waals surface area contributed by atoms with E-state index in [-0.39, 0.29) is 12.4 Å². The summed E-state index contributed by atoms with van der Waals surface area (Å²) in [6.45, 7) is 2.08. The van der Waals surface area contributed by atoms with Gasteiger partial charge in [0.2, 0.25) is 0 Å². The van der Waals surface area contributed by atoms with E-state index in [0.717, 1.165) is 5.56 Å². The van der Waals surface area contributed by atoms with Gasteiger partial charge in [-0.05, 0) is 12.5 Å². The Morgan fingerprint density at radius 2 is 1.61 bits per heavy atom. The van der Waals surface area contributed by atoms with Gasteiger partial charge in [0.1, 0.15) is 12.0 Å². The molecule has 0 N–H and O–H groups in total. The van der Waals surface area contributed by atoms with E-state index >= 15 is 0 Å². The van der Waals surface area contributed by atoms with E-state index in [1.54, 1.807) is 0 Å². The topological polar surface area (TPSA) is 52.6 Å². The van der Waals surface area contributed by atoms with Gasteiger partial charge in [-0.15, -0.1) is 0 Å². The molecule has 2 atom stereocenters. The third kappa shape index (κ3) is 4.68. The van der Waals surface area contributed by atoms with Gasteiger partial charge in [0.15, 0.2) is 0 Å². The fourth-order valence-corrected chi connectivity index (χ4v) is 2.39. The van der Waals surface area contributed by atoms with E-state index < -0.39 is 18.0 Å². The lowest BCUT2D eigenvalue weighted by atomic mass is 9.95. The number of esters is 2. The van der Waals surface area contributed by atoms with Crippen LogP contribution in [0.5, 0.6) is 0 Å². The fourth-order valence-electron chi connectivity index (χ4n) is 2.39. The molecule has 4 heteroatoms. The fraction of sp³-hybridized carbons (Fsp3) is 0.263. The Labute approximate surface area is 136 Å². The van der Waals surface area contributed by atoms with Crippen LogP contribution in [-0.2, 0) is 19.1 Å². The first kappa shape index (κ1) is 16.7. The first-order chi connectivity index (χ1) is 11.1. The number of carbonyl (C=O) groups excluding carboxylic acids is 2. The number of hydrogen-bond acceptors (Lipinski definition) is 4. The number of rotatable bonds is 2. The van der Waals surface area contributed by atoms with Crippen molar-refractivity contribution in [2.24, 2.45) is 5.92 Å². The molecule has 120 valence electrons. The highest BCUT2D eigenvalue weighted by Gasteiger charge is 2.41. The largest absolute Gasteiger partial charge is 0.469 e. The van der Waals surface area contributed by atoms with E-state index in [2.05, 4.69) is 23.8 Å². The predicted molar refractivity (Wildman–Crippen MR) is 86.6 cm³/mol. The van der Waals surface area contributed by atoms with Gasteiger partial charge in [-0.3, -0.25) is 9.59 Å². The van der Waals surface area contributed by atoms with Crippen LogP contribution < -0.4 is 0 Å². The summed E-state index contributed by atoms with van der Waals surface area (Å²) >= 11 is 0. The van der Waals surface area contributed by atoms with Crippen LogP contribution in [-0.4, -0.2) is 19.0 Å². The van der Waals surface area contributed by atoms with Crippen molar-refractivity contribution < 1.29 is 19.1 Å². The van der Waals surface area contributed by atoms with Crippen LogP contribution in [0, 0.1) is 12.8 Å². The Bertz CT molecular complexity index is 637. The highest BCUT2D eigenvalue weighted by molar-refractivity contribution is 5.83. The number of cyclic esters (lactones) is 1. The second kappa shape index (κ2) is 8.13. The molecule has 1 fully saturated rings. The molecule has 0 bridgehead atoms. The summed E-state index contributed by atoms with van der Waals surface area (Å²) in [6.07, 6.45) is -0.423. The summed E-state index contributed by atoms with van der Waals surface area (Å²) in [5.74, 6) is -1.29. The van der Waals surface area contributed by atoms with Crippen molar-refractivity contribution in [1.82, 2.24) is 0 Å². The van der Waals surface area contributed by atoms with Crippen molar-refractivity contribution in [3.63, 3.8) is 0 Å². The second-order valence-corrected chi connectivity index (χ2v) is 5.31. The molecule has 0 saturated carbocycles. The summed E-state index contributed by atoms with van der Waals surface area (Å²) in [5, 5.41) is 0. The van der Waals surface area contributed by atoms with Gasteiger partial charge < -0.3 is 9.47 Å². The molecule has 0 amide bonds. The molecule has 0 aliphatic carbocycles. The number of ether oxygens (including phenoxy) is 2. The Hall–Kier alpha value is -2.62. The maximum atomic E-state index is 11.5. The molecule has 1 aliphatic rings. The lowest BCUT2D eigenvalue weighted by Gasteiger charge is -2.15. The van der Waals surface area contributed by atoms with Crippen molar-refractivity contribution in [3.8, 4) is 0 Å². The minimum atomic E-state index is -0.528. The smallest absolute Gasteiger partial charge is 0.313 e. The van der Waals surface area contributed by atoms with Gasteiger partial charge in [0.25, 0.3) is 0 Å². The Morgan fingerprint density at radius 3 is 2.09 bits per heavy atom. The first-order valence-corrected chi connectivity index (χ1v) is 7.45. The molecule has 0 aromatic heterocycles. The molecule has 0 spiro atoms. The first-order valence-electron chi connectivity index (χ1n) is 7.45. The molecular formula is C19H20O4. The van der Waals surface area contributed by atoms with Crippen LogP contribution in [0.3, 0.4) is 0 Å². The van der Waals surface area contributed by atoms with Crippen molar-refractivity contribution in [2.75, 3.05) is 7.11 Å². The van der Waals surface area contributed by atoms with Gasteiger partial charge in [-0.2, -0.15) is 0 Å². The summed E-state index contributed by atoms with van der Waals surface area (Å²) in [5.41, 5.74) is 2.14. The van der Waals surface area contributed by atoms with Gasteiger partial charge >= 0.3 is 11.9 Å². The minimum Gasteiger partial charge on any atom is -0.469 e. The normalized spacial score (nSPS) is 19.3. The summed E-state index contributed by atoms with van der Waals surface area (Å²) in [7, 11) is 1.31. The van der Waals surface area contributed by atoms with Crippen LogP contribution >= 0.6 is 0 Å². The van der Waals surface area contributed by atoms with Crippen molar-refractivity contribution in [1.29, 1.82) is 0 Å². The molecule has 4 nitrogen and oxygen atoms in total. The highest BCUT2D eigenvalue weighted by atomic mass is 16.6. The molecule has 2 aromatic rings. The van der Waals surface area contributed by atoms with Crippen LogP contribution in [0.2, 0.25) is 0 Å². The molecule has 23 heavy (non-hydrogen) atoms. The Morgan fingerprint density at radius 1 is 1.04 bits per heavy atom. The SMILES string of the molecule is COC(=O)C1CC(=O)OC1c1ccccc1.Cc1ccccc1. The van der Waals surface area contributed by atoms with Gasteiger partial charge in [-0.25, -0.2) is 0 Å². The summed E-state index contributed by atoms with van der Waals surface area (Å²) < 4.78 is 9.81. The number of methoxy groups -OCH3 is 1. The quantitative estimate of drug-likeness (QED) is 0.797. The Balaban J connectivity index is 0.000000229. The number of carbonyl (C=O) groups is 2. The predicted octanol–water partition coefficient (Wildman–Crippen LogP) is 3.46. The molecule has 2 aromatic carbocycles. The monoisotopic (exact) mass is 312 g/mol. The lowest BCUT2D eigenvalue weighted by molar-refractivity contribution is -0.147. The van der Waals surface area contributed by atoms with E-state index in [1.807, 2.05) is 48.5 Å². The van der Waals surface area contributed by atoms with Gasteiger partial charge in [-0.1, -0.05) is 66.2 Å². The van der Waals surface area contributed by atoms with Crippen molar-refractivity contribution in [3.05, 3.63) is 71.8 Å². The average Bonchev–Trinajstić information content (AvgIpc) is 2.98. The van der Waals surface area contributed by atoms with Crippen LogP contribution in [0.4, 0.5) is 0 Å².